The molecule has 0 aromatic rings. The van der Waals surface area contributed by atoms with Crippen molar-refractivity contribution in [2.45, 2.75) is 36.9 Å². The smallest absolute Gasteiger partial charge is 0.246 e. The molecule has 0 amide bonds. The van der Waals surface area contributed by atoms with E-state index in [9.17, 15) is 13.2 Å². The molecule has 3 nitrogen and oxygen atoms in total. The zero-order valence-corrected chi connectivity index (χ0v) is 9.25. The summed E-state index contributed by atoms with van der Waals surface area (Å²) in [6.07, 6.45) is 2.80. The minimum Gasteiger partial charge on any atom is -0.279 e. The third-order valence-corrected chi connectivity index (χ3v) is 5.37. The largest absolute Gasteiger partial charge is 0.279 e. The highest BCUT2D eigenvalue weighted by Crippen LogP contribution is 2.39. The monoisotopic (exact) mass is 244 g/mol. The summed E-state index contributed by atoms with van der Waals surface area (Å²) in [6.45, 7) is 0. The lowest BCUT2D eigenvalue weighted by atomic mass is 9.89. The van der Waals surface area contributed by atoms with Gasteiger partial charge in [0, 0.05) is 10.7 Å². The standard InChI is InChI=1S/C7H10Cl2O3S/c8-6(10)7(13(9,11)12)4-2-1-3-5-7/h1-5H2. The lowest BCUT2D eigenvalue weighted by molar-refractivity contribution is -0.114. The van der Waals surface area contributed by atoms with Gasteiger partial charge >= 0.3 is 0 Å². The average molecular weight is 245 g/mol. The summed E-state index contributed by atoms with van der Waals surface area (Å²) in [6, 6.07) is 0. The minimum atomic E-state index is -3.90. The quantitative estimate of drug-likeness (QED) is 0.699. The van der Waals surface area contributed by atoms with Crippen molar-refractivity contribution in [1.29, 1.82) is 0 Å². The number of carbonyl (C=O) groups excluding carboxylic acids is 1. The van der Waals surface area contributed by atoms with Crippen LogP contribution in [0.25, 0.3) is 0 Å². The summed E-state index contributed by atoms with van der Waals surface area (Å²) in [4.78, 5) is 11.1. The van der Waals surface area contributed by atoms with Crippen LogP contribution in [0.5, 0.6) is 0 Å². The molecule has 1 aliphatic rings. The van der Waals surface area contributed by atoms with Crippen molar-refractivity contribution in [2.24, 2.45) is 0 Å². The summed E-state index contributed by atoms with van der Waals surface area (Å²) >= 11 is 5.30. The maximum absolute atomic E-state index is 11.2. The highest BCUT2D eigenvalue weighted by molar-refractivity contribution is 8.15. The molecule has 0 N–H and O–H groups in total. The Labute approximate surface area is 86.8 Å². The Bertz CT molecular complexity index is 304. The SMILES string of the molecule is O=C(Cl)C1(S(=O)(=O)Cl)CCCCC1. The lowest BCUT2D eigenvalue weighted by Gasteiger charge is -2.30. The molecule has 0 spiro atoms. The lowest BCUT2D eigenvalue weighted by Crippen LogP contribution is -2.43. The Morgan fingerprint density at radius 3 is 1.85 bits per heavy atom. The maximum Gasteiger partial charge on any atom is 0.246 e. The van der Waals surface area contributed by atoms with E-state index in [2.05, 4.69) is 0 Å². The zero-order chi connectivity index (χ0) is 10.1. The van der Waals surface area contributed by atoms with Crippen LogP contribution in [0.3, 0.4) is 0 Å². The van der Waals surface area contributed by atoms with Gasteiger partial charge < -0.3 is 0 Å². The Kier molecular flexibility index (Phi) is 3.25. The molecule has 0 aliphatic heterocycles. The number of carbonyl (C=O) groups is 1. The summed E-state index contributed by atoms with van der Waals surface area (Å²) in [5.41, 5.74) is 0. The first-order chi connectivity index (χ1) is 5.90. The highest BCUT2D eigenvalue weighted by atomic mass is 35.7. The molecule has 0 heterocycles. The fraction of sp³-hybridized carbons (Fsp3) is 0.857. The molecule has 1 aliphatic carbocycles. The highest BCUT2D eigenvalue weighted by Gasteiger charge is 2.49. The predicted molar refractivity (Wildman–Crippen MR) is 51.4 cm³/mol. The van der Waals surface area contributed by atoms with Gasteiger partial charge in [0.15, 0.2) is 4.75 Å². The molecule has 0 radical (unpaired) electrons. The van der Waals surface area contributed by atoms with Crippen LogP contribution in [0.15, 0.2) is 0 Å². The number of hydrogen-bond donors (Lipinski definition) is 0. The van der Waals surface area contributed by atoms with E-state index in [1.54, 1.807) is 0 Å². The molecule has 1 rings (SSSR count). The second-order valence-electron chi connectivity index (χ2n) is 3.27. The maximum atomic E-state index is 11.2. The molecule has 76 valence electrons. The normalized spacial score (nSPS) is 22.6. The molecule has 6 heteroatoms. The number of hydrogen-bond acceptors (Lipinski definition) is 3. The Balaban J connectivity index is 3.07. The Morgan fingerprint density at radius 1 is 1.15 bits per heavy atom. The van der Waals surface area contributed by atoms with Crippen molar-refractivity contribution in [1.82, 2.24) is 0 Å². The molecular formula is C7H10Cl2O3S. The van der Waals surface area contributed by atoms with Crippen molar-refractivity contribution in [2.75, 3.05) is 0 Å². The predicted octanol–water partition coefficient (Wildman–Crippen LogP) is 2.02. The fourth-order valence-electron chi connectivity index (χ4n) is 1.66. The molecule has 0 bridgehead atoms. The average Bonchev–Trinajstić information content (AvgIpc) is 2.03. The molecule has 1 saturated carbocycles. The Morgan fingerprint density at radius 2 is 1.62 bits per heavy atom. The van der Waals surface area contributed by atoms with E-state index >= 15 is 0 Å². The summed E-state index contributed by atoms with van der Waals surface area (Å²) < 4.78 is 20.9. The molecule has 0 unspecified atom stereocenters. The van der Waals surface area contributed by atoms with E-state index in [1.165, 1.54) is 0 Å². The molecule has 0 saturated heterocycles. The fourth-order valence-corrected chi connectivity index (χ4v) is 3.91. The minimum absolute atomic E-state index is 0.251. The van der Waals surface area contributed by atoms with Gasteiger partial charge in [-0.1, -0.05) is 19.3 Å². The third kappa shape index (κ3) is 2.00. The van der Waals surface area contributed by atoms with Crippen LogP contribution in [-0.4, -0.2) is 18.4 Å². The Hall–Kier alpha value is 0.200. The van der Waals surface area contributed by atoms with E-state index < -0.39 is 19.0 Å². The van der Waals surface area contributed by atoms with E-state index in [1.807, 2.05) is 0 Å². The van der Waals surface area contributed by atoms with Crippen LogP contribution in [0, 0.1) is 0 Å². The summed E-state index contributed by atoms with van der Waals surface area (Å²) in [5.74, 6) is 0. The van der Waals surface area contributed by atoms with Gasteiger partial charge in [-0.3, -0.25) is 4.79 Å². The second kappa shape index (κ2) is 3.75. The van der Waals surface area contributed by atoms with Crippen molar-refractivity contribution in [3.05, 3.63) is 0 Å². The number of halogens is 2. The van der Waals surface area contributed by atoms with E-state index in [-0.39, 0.29) is 12.8 Å². The van der Waals surface area contributed by atoms with Gasteiger partial charge in [0.2, 0.25) is 14.3 Å². The van der Waals surface area contributed by atoms with Gasteiger partial charge in [-0.15, -0.1) is 0 Å². The molecule has 0 aromatic heterocycles. The van der Waals surface area contributed by atoms with Gasteiger partial charge in [0.05, 0.1) is 0 Å². The van der Waals surface area contributed by atoms with Gasteiger partial charge in [-0.2, -0.15) is 0 Å². The summed E-state index contributed by atoms with van der Waals surface area (Å²) in [7, 11) is 1.33. The zero-order valence-electron chi connectivity index (χ0n) is 6.92. The topological polar surface area (TPSA) is 51.2 Å². The third-order valence-electron chi connectivity index (χ3n) is 2.49. The first-order valence-electron chi connectivity index (χ1n) is 4.04. The van der Waals surface area contributed by atoms with Crippen LogP contribution in [0.1, 0.15) is 32.1 Å². The van der Waals surface area contributed by atoms with Gasteiger partial charge in [-0.25, -0.2) is 8.42 Å². The second-order valence-corrected chi connectivity index (χ2v) is 6.49. The molecule has 1 fully saturated rings. The van der Waals surface area contributed by atoms with E-state index in [0.717, 1.165) is 6.42 Å². The molecule has 0 atom stereocenters. The van der Waals surface area contributed by atoms with Gasteiger partial charge in [0.25, 0.3) is 0 Å². The van der Waals surface area contributed by atoms with Crippen molar-refractivity contribution >= 4 is 36.6 Å². The van der Waals surface area contributed by atoms with Gasteiger partial charge in [0.1, 0.15) is 0 Å². The van der Waals surface area contributed by atoms with Crippen molar-refractivity contribution in [3.8, 4) is 0 Å². The molecule has 0 aromatic carbocycles. The van der Waals surface area contributed by atoms with E-state index in [0.29, 0.717) is 12.8 Å². The van der Waals surface area contributed by atoms with Crippen molar-refractivity contribution in [3.63, 3.8) is 0 Å². The first-order valence-corrected chi connectivity index (χ1v) is 6.73. The van der Waals surface area contributed by atoms with Crippen LogP contribution in [0.2, 0.25) is 0 Å². The van der Waals surface area contributed by atoms with Crippen LogP contribution in [-0.2, 0) is 13.8 Å². The number of rotatable bonds is 2. The molecule has 13 heavy (non-hydrogen) atoms. The van der Waals surface area contributed by atoms with Crippen LogP contribution < -0.4 is 0 Å². The molecular weight excluding hydrogens is 235 g/mol. The van der Waals surface area contributed by atoms with E-state index in [4.69, 9.17) is 22.3 Å². The van der Waals surface area contributed by atoms with Crippen LogP contribution >= 0.6 is 22.3 Å². The van der Waals surface area contributed by atoms with Crippen LogP contribution in [0.4, 0.5) is 0 Å². The van der Waals surface area contributed by atoms with Crippen molar-refractivity contribution < 1.29 is 13.2 Å². The van der Waals surface area contributed by atoms with Gasteiger partial charge in [-0.05, 0) is 24.4 Å². The first kappa shape index (κ1) is 11.3. The summed E-state index contributed by atoms with van der Waals surface area (Å²) in [5, 5.41) is -0.845.